The molecule has 0 unspecified atom stereocenters. The summed E-state index contributed by atoms with van der Waals surface area (Å²) in [4.78, 5) is 27.1. The minimum atomic E-state index is -0.670. The van der Waals surface area contributed by atoms with Crippen molar-refractivity contribution < 1.29 is 13.6 Å². The molecule has 2 N–H and O–H groups in total. The van der Waals surface area contributed by atoms with E-state index in [0.717, 1.165) is 6.07 Å². The van der Waals surface area contributed by atoms with Gasteiger partial charge >= 0.3 is 6.03 Å². The molecule has 116 valence electrons. The Hall–Kier alpha value is -2.77. The maximum absolute atomic E-state index is 13.0. The van der Waals surface area contributed by atoms with Crippen LogP contribution in [-0.4, -0.2) is 22.1 Å². The van der Waals surface area contributed by atoms with Crippen LogP contribution in [0.1, 0.15) is 5.56 Å². The van der Waals surface area contributed by atoms with Crippen LogP contribution in [-0.2, 0) is 13.5 Å². The zero-order valence-corrected chi connectivity index (χ0v) is 11.8. The zero-order chi connectivity index (χ0) is 16.1. The molecule has 2 rings (SSSR count). The van der Waals surface area contributed by atoms with Crippen LogP contribution in [0.2, 0.25) is 0 Å². The molecule has 0 saturated heterocycles. The maximum Gasteiger partial charge on any atom is 0.320 e. The van der Waals surface area contributed by atoms with Crippen LogP contribution in [0.5, 0.6) is 0 Å². The summed E-state index contributed by atoms with van der Waals surface area (Å²) in [5, 5.41) is 4.80. The lowest BCUT2D eigenvalue weighted by molar-refractivity contribution is 0.252. The molecule has 2 aromatic rings. The van der Waals surface area contributed by atoms with Crippen LogP contribution < -0.4 is 16.2 Å². The summed E-state index contributed by atoms with van der Waals surface area (Å²) in [5.41, 5.74) is -0.0172. The van der Waals surface area contributed by atoms with E-state index in [2.05, 4.69) is 15.6 Å². The van der Waals surface area contributed by atoms with E-state index >= 15 is 0 Å². The molecule has 0 saturated carbocycles. The van der Waals surface area contributed by atoms with Crippen molar-refractivity contribution in [1.29, 1.82) is 0 Å². The SMILES string of the molecule is Cn1ccnc(NC(=O)NCCc2cc(F)cc(F)c2)c1=O. The Balaban J connectivity index is 1.88. The quantitative estimate of drug-likeness (QED) is 0.897. The summed E-state index contributed by atoms with van der Waals surface area (Å²) < 4.78 is 27.3. The van der Waals surface area contributed by atoms with Crippen LogP contribution in [0.3, 0.4) is 0 Å². The molecular formula is C14H14F2N4O2. The van der Waals surface area contributed by atoms with Crippen molar-refractivity contribution in [3.8, 4) is 0 Å². The number of hydrogen-bond donors (Lipinski definition) is 2. The van der Waals surface area contributed by atoms with Gasteiger partial charge in [-0.15, -0.1) is 0 Å². The van der Waals surface area contributed by atoms with Crippen LogP contribution in [0.15, 0.2) is 35.4 Å². The van der Waals surface area contributed by atoms with E-state index in [1.165, 1.54) is 36.1 Å². The third kappa shape index (κ3) is 4.11. The average molecular weight is 308 g/mol. The number of rotatable bonds is 4. The van der Waals surface area contributed by atoms with Gasteiger partial charge < -0.3 is 9.88 Å². The topological polar surface area (TPSA) is 76.0 Å². The molecule has 0 aliphatic rings. The summed E-state index contributed by atoms with van der Waals surface area (Å²) >= 11 is 0. The van der Waals surface area contributed by atoms with Crippen LogP contribution >= 0.6 is 0 Å². The van der Waals surface area contributed by atoms with Crippen LogP contribution in [0.25, 0.3) is 0 Å². The van der Waals surface area contributed by atoms with Gasteiger partial charge in [0.25, 0.3) is 5.56 Å². The van der Waals surface area contributed by atoms with Crippen molar-refractivity contribution in [3.63, 3.8) is 0 Å². The second-order valence-corrected chi connectivity index (χ2v) is 4.60. The highest BCUT2D eigenvalue weighted by molar-refractivity contribution is 5.87. The van der Waals surface area contributed by atoms with Gasteiger partial charge in [-0.1, -0.05) is 0 Å². The first-order valence-corrected chi connectivity index (χ1v) is 6.47. The Morgan fingerprint density at radius 3 is 2.64 bits per heavy atom. The van der Waals surface area contributed by atoms with E-state index in [1.807, 2.05) is 0 Å². The van der Waals surface area contributed by atoms with E-state index in [4.69, 9.17) is 0 Å². The highest BCUT2D eigenvalue weighted by Crippen LogP contribution is 2.08. The molecule has 6 nitrogen and oxygen atoms in total. The van der Waals surface area contributed by atoms with Gasteiger partial charge in [0.2, 0.25) is 5.82 Å². The van der Waals surface area contributed by atoms with Gasteiger partial charge in [-0.3, -0.25) is 10.1 Å². The molecule has 0 spiro atoms. The summed E-state index contributed by atoms with van der Waals surface area (Å²) in [6.45, 7) is 0.155. The van der Waals surface area contributed by atoms with E-state index in [1.54, 1.807) is 0 Å². The number of amides is 2. The van der Waals surface area contributed by atoms with Crippen molar-refractivity contribution in [2.24, 2.45) is 7.05 Å². The Morgan fingerprint density at radius 1 is 1.27 bits per heavy atom. The number of carbonyl (C=O) groups is 1. The van der Waals surface area contributed by atoms with E-state index in [-0.39, 0.29) is 18.8 Å². The zero-order valence-electron chi connectivity index (χ0n) is 11.8. The van der Waals surface area contributed by atoms with Crippen molar-refractivity contribution in [1.82, 2.24) is 14.9 Å². The Bertz CT molecular complexity index is 726. The first-order valence-electron chi connectivity index (χ1n) is 6.47. The van der Waals surface area contributed by atoms with Gasteiger partial charge in [-0.2, -0.15) is 0 Å². The summed E-state index contributed by atoms with van der Waals surface area (Å²) in [5.74, 6) is -1.44. The summed E-state index contributed by atoms with van der Waals surface area (Å²) in [6.07, 6.45) is 3.10. The van der Waals surface area contributed by atoms with E-state index in [0.29, 0.717) is 5.56 Å². The fourth-order valence-electron chi connectivity index (χ4n) is 1.81. The number of nitrogens with zero attached hydrogens (tertiary/aromatic N) is 2. The predicted molar refractivity (Wildman–Crippen MR) is 76.6 cm³/mol. The number of urea groups is 1. The smallest absolute Gasteiger partial charge is 0.320 e. The monoisotopic (exact) mass is 308 g/mol. The fourth-order valence-corrected chi connectivity index (χ4v) is 1.81. The molecule has 1 heterocycles. The molecule has 0 atom stereocenters. The first-order chi connectivity index (χ1) is 10.5. The predicted octanol–water partition coefficient (Wildman–Crippen LogP) is 1.42. The van der Waals surface area contributed by atoms with E-state index in [9.17, 15) is 18.4 Å². The molecular weight excluding hydrogens is 294 g/mol. The molecule has 0 bridgehead atoms. The number of nitrogens with one attached hydrogen (secondary N) is 2. The number of benzene rings is 1. The van der Waals surface area contributed by atoms with Gasteiger partial charge in [-0.05, 0) is 24.1 Å². The van der Waals surface area contributed by atoms with Gasteiger partial charge in [0.1, 0.15) is 11.6 Å². The minimum Gasteiger partial charge on any atom is -0.337 e. The summed E-state index contributed by atoms with van der Waals surface area (Å²) in [7, 11) is 1.53. The number of anilines is 1. The minimum absolute atomic E-state index is 0.0979. The molecule has 0 aliphatic carbocycles. The van der Waals surface area contributed by atoms with E-state index < -0.39 is 23.2 Å². The van der Waals surface area contributed by atoms with Crippen molar-refractivity contribution in [3.05, 3.63) is 58.1 Å². The lowest BCUT2D eigenvalue weighted by Gasteiger charge is -2.07. The molecule has 0 fully saturated rings. The van der Waals surface area contributed by atoms with Gasteiger partial charge in [0.05, 0.1) is 0 Å². The van der Waals surface area contributed by atoms with Gasteiger partial charge in [0, 0.05) is 32.1 Å². The van der Waals surface area contributed by atoms with Crippen LogP contribution in [0, 0.1) is 11.6 Å². The second-order valence-electron chi connectivity index (χ2n) is 4.60. The third-order valence-corrected chi connectivity index (χ3v) is 2.87. The lowest BCUT2D eigenvalue weighted by atomic mass is 10.1. The van der Waals surface area contributed by atoms with Gasteiger partial charge in [0.15, 0.2) is 0 Å². The maximum atomic E-state index is 13.0. The molecule has 0 radical (unpaired) electrons. The number of aromatic nitrogens is 2. The number of hydrogen-bond acceptors (Lipinski definition) is 3. The highest BCUT2D eigenvalue weighted by atomic mass is 19.1. The highest BCUT2D eigenvalue weighted by Gasteiger charge is 2.07. The van der Waals surface area contributed by atoms with Crippen molar-refractivity contribution in [2.45, 2.75) is 6.42 Å². The first kappa shape index (κ1) is 15.6. The number of carbonyl (C=O) groups excluding carboxylic acids is 1. The number of halogens is 2. The Kier molecular flexibility index (Phi) is 4.82. The standard InChI is InChI=1S/C14H14F2N4O2/c1-20-5-4-17-12(13(20)21)19-14(22)18-3-2-9-6-10(15)8-11(16)7-9/h4-8H,2-3H2,1H3,(H2,17,18,19,22). The molecule has 22 heavy (non-hydrogen) atoms. The van der Waals surface area contributed by atoms with Crippen LogP contribution in [0.4, 0.5) is 19.4 Å². The average Bonchev–Trinajstić information content (AvgIpc) is 2.43. The fraction of sp³-hybridized carbons (Fsp3) is 0.214. The lowest BCUT2D eigenvalue weighted by Crippen LogP contribution is -2.34. The molecule has 8 heteroatoms. The molecule has 1 aromatic heterocycles. The van der Waals surface area contributed by atoms with Crippen molar-refractivity contribution in [2.75, 3.05) is 11.9 Å². The molecule has 1 aromatic carbocycles. The molecule has 2 amide bonds. The van der Waals surface area contributed by atoms with Gasteiger partial charge in [-0.25, -0.2) is 18.6 Å². The largest absolute Gasteiger partial charge is 0.337 e. The second kappa shape index (κ2) is 6.79. The summed E-state index contributed by atoms with van der Waals surface area (Å²) in [6, 6.07) is 2.54. The normalized spacial score (nSPS) is 10.3. The Labute approximate surface area is 124 Å². The number of aryl methyl sites for hydroxylation is 1. The van der Waals surface area contributed by atoms with Crippen molar-refractivity contribution >= 4 is 11.8 Å². The third-order valence-electron chi connectivity index (χ3n) is 2.87. The Morgan fingerprint density at radius 2 is 1.95 bits per heavy atom. The molecule has 0 aliphatic heterocycles.